The maximum absolute atomic E-state index is 5.41. The van der Waals surface area contributed by atoms with E-state index in [0.29, 0.717) is 11.9 Å². The number of hydrogen-bond acceptors (Lipinski definition) is 4. The van der Waals surface area contributed by atoms with Crippen molar-refractivity contribution in [3.8, 4) is 0 Å². The first-order chi connectivity index (χ1) is 8.52. The molecule has 1 aliphatic rings. The molecule has 1 fully saturated rings. The summed E-state index contributed by atoms with van der Waals surface area (Å²) in [6.07, 6.45) is 2.01. The van der Waals surface area contributed by atoms with Crippen molar-refractivity contribution in [2.24, 2.45) is 4.99 Å². The Hall–Kier alpha value is -1.03. The third-order valence-electron chi connectivity index (χ3n) is 3.19. The Kier molecular flexibility index (Phi) is 3.95. The Labute approximate surface area is 113 Å². The Bertz CT molecular complexity index is 463. The number of hydrogen-bond donors (Lipinski definition) is 0. The van der Waals surface area contributed by atoms with Gasteiger partial charge in [-0.3, -0.25) is 4.68 Å². The van der Waals surface area contributed by atoms with Gasteiger partial charge in [-0.2, -0.15) is 10.1 Å². The predicted molar refractivity (Wildman–Crippen MR) is 74.7 cm³/mol. The van der Waals surface area contributed by atoms with Gasteiger partial charge < -0.3 is 4.74 Å². The van der Waals surface area contributed by atoms with E-state index >= 15 is 0 Å². The molecule has 0 unspecified atom stereocenters. The molecule has 18 heavy (non-hydrogen) atoms. The Morgan fingerprint density at radius 1 is 1.44 bits per heavy atom. The van der Waals surface area contributed by atoms with E-state index in [4.69, 9.17) is 4.74 Å². The van der Waals surface area contributed by atoms with E-state index in [0.717, 1.165) is 26.1 Å². The van der Waals surface area contributed by atoms with Crippen molar-refractivity contribution in [1.82, 2.24) is 9.78 Å². The van der Waals surface area contributed by atoms with E-state index in [1.807, 2.05) is 6.07 Å². The number of rotatable bonds is 2. The monoisotopic (exact) mass is 265 g/mol. The molecule has 0 amide bonds. The molecule has 1 aromatic heterocycles. The summed E-state index contributed by atoms with van der Waals surface area (Å²) < 4.78 is 7.51. The first kappa shape index (κ1) is 13.4. The van der Waals surface area contributed by atoms with E-state index in [1.165, 1.54) is 5.69 Å². The van der Waals surface area contributed by atoms with Crippen molar-refractivity contribution in [1.29, 1.82) is 0 Å². The highest BCUT2D eigenvalue weighted by atomic mass is 32.1. The molecule has 4 nitrogen and oxygen atoms in total. The van der Waals surface area contributed by atoms with Gasteiger partial charge in [0.25, 0.3) is 0 Å². The Balaban J connectivity index is 2.39. The molecule has 1 saturated heterocycles. The molecular weight excluding hydrogens is 246 g/mol. The third kappa shape index (κ3) is 2.86. The number of thiocarbonyl (C=S) groups is 1. The molecule has 0 N–H and O–H groups in total. The lowest BCUT2D eigenvalue weighted by atomic mass is 9.91. The maximum Gasteiger partial charge on any atom is 0.184 e. The number of aromatic nitrogens is 2. The van der Waals surface area contributed by atoms with Crippen LogP contribution in [0.5, 0.6) is 0 Å². The highest BCUT2D eigenvalue weighted by Crippen LogP contribution is 2.31. The van der Waals surface area contributed by atoms with Crippen LogP contribution in [0.3, 0.4) is 0 Å². The van der Waals surface area contributed by atoms with Crippen LogP contribution in [0.1, 0.15) is 45.3 Å². The van der Waals surface area contributed by atoms with Gasteiger partial charge in [0.05, 0.1) is 11.2 Å². The first-order valence-electron chi connectivity index (χ1n) is 6.28. The van der Waals surface area contributed by atoms with Crippen molar-refractivity contribution in [3.05, 3.63) is 11.8 Å². The maximum atomic E-state index is 5.41. The SMILES string of the molecule is CC(C)(C)c1cc(N=C=S)nn1C1CCOCC1. The first-order valence-corrected chi connectivity index (χ1v) is 6.69. The normalized spacial score (nSPS) is 17.5. The summed E-state index contributed by atoms with van der Waals surface area (Å²) in [7, 11) is 0. The van der Waals surface area contributed by atoms with Crippen LogP contribution in [-0.4, -0.2) is 28.2 Å². The van der Waals surface area contributed by atoms with Crippen LogP contribution < -0.4 is 0 Å². The standard InChI is InChI=1S/C13H19N3OS/c1-13(2,3)11-8-12(14-9-18)15-16(11)10-4-6-17-7-5-10/h8,10H,4-7H2,1-3H3. The van der Waals surface area contributed by atoms with Gasteiger partial charge in [-0.05, 0) is 25.1 Å². The molecule has 2 rings (SSSR count). The molecule has 0 atom stereocenters. The van der Waals surface area contributed by atoms with E-state index < -0.39 is 0 Å². The van der Waals surface area contributed by atoms with Crippen molar-refractivity contribution < 1.29 is 4.74 Å². The summed E-state index contributed by atoms with van der Waals surface area (Å²) in [6, 6.07) is 2.41. The molecule has 0 radical (unpaired) electrons. The summed E-state index contributed by atoms with van der Waals surface area (Å²) >= 11 is 4.65. The van der Waals surface area contributed by atoms with Crippen molar-refractivity contribution in [2.75, 3.05) is 13.2 Å². The summed E-state index contributed by atoms with van der Waals surface area (Å²) in [5, 5.41) is 6.94. The second-order valence-corrected chi connectivity index (χ2v) is 5.81. The van der Waals surface area contributed by atoms with E-state index in [1.54, 1.807) is 0 Å². The zero-order valence-corrected chi connectivity index (χ0v) is 12.0. The smallest absolute Gasteiger partial charge is 0.184 e. The molecule has 1 aromatic rings. The van der Waals surface area contributed by atoms with Crippen LogP contribution in [0.4, 0.5) is 5.82 Å². The molecule has 98 valence electrons. The van der Waals surface area contributed by atoms with Gasteiger partial charge in [0, 0.05) is 30.4 Å². The molecule has 0 saturated carbocycles. The minimum absolute atomic E-state index is 0.0422. The number of aliphatic imine (C=N–C) groups is 1. The largest absolute Gasteiger partial charge is 0.381 e. The van der Waals surface area contributed by atoms with Crippen molar-refractivity contribution in [2.45, 2.75) is 45.1 Å². The summed E-state index contributed by atoms with van der Waals surface area (Å²) in [5.74, 6) is 0.654. The minimum atomic E-state index is 0.0422. The van der Waals surface area contributed by atoms with Crippen LogP contribution in [0.2, 0.25) is 0 Å². The average Bonchev–Trinajstić information content (AvgIpc) is 2.75. The lowest BCUT2D eigenvalue weighted by Gasteiger charge is -2.28. The van der Waals surface area contributed by atoms with Gasteiger partial charge in [-0.1, -0.05) is 20.8 Å². The van der Waals surface area contributed by atoms with Gasteiger partial charge in [0.2, 0.25) is 0 Å². The number of isothiocyanates is 1. The fourth-order valence-corrected chi connectivity index (χ4v) is 2.34. The fraction of sp³-hybridized carbons (Fsp3) is 0.692. The fourth-order valence-electron chi connectivity index (χ4n) is 2.25. The molecule has 2 heterocycles. The van der Waals surface area contributed by atoms with E-state index in [9.17, 15) is 0 Å². The molecule has 1 aliphatic heterocycles. The van der Waals surface area contributed by atoms with Crippen LogP contribution in [0.25, 0.3) is 0 Å². The average molecular weight is 265 g/mol. The Morgan fingerprint density at radius 3 is 2.67 bits per heavy atom. The summed E-state index contributed by atoms with van der Waals surface area (Å²) in [6.45, 7) is 8.17. The molecule has 0 bridgehead atoms. The zero-order chi connectivity index (χ0) is 13.2. The highest BCUT2D eigenvalue weighted by molar-refractivity contribution is 7.78. The Morgan fingerprint density at radius 2 is 2.11 bits per heavy atom. The quantitative estimate of drug-likeness (QED) is 0.608. The summed E-state index contributed by atoms with van der Waals surface area (Å²) in [5.41, 5.74) is 1.24. The van der Waals surface area contributed by atoms with Gasteiger partial charge in [0.1, 0.15) is 0 Å². The highest BCUT2D eigenvalue weighted by Gasteiger charge is 2.26. The molecule has 0 aromatic carbocycles. The van der Waals surface area contributed by atoms with Gasteiger partial charge in [-0.25, -0.2) is 0 Å². The van der Waals surface area contributed by atoms with Crippen LogP contribution in [0.15, 0.2) is 11.1 Å². The van der Waals surface area contributed by atoms with E-state index in [2.05, 4.69) is 52.9 Å². The van der Waals surface area contributed by atoms with Gasteiger partial charge in [-0.15, -0.1) is 0 Å². The number of nitrogens with zero attached hydrogens (tertiary/aromatic N) is 3. The molecule has 0 aliphatic carbocycles. The zero-order valence-electron chi connectivity index (χ0n) is 11.1. The van der Waals surface area contributed by atoms with E-state index in [-0.39, 0.29) is 5.41 Å². The molecule has 0 spiro atoms. The minimum Gasteiger partial charge on any atom is -0.381 e. The number of ether oxygens (including phenoxy) is 1. The molecule has 5 heteroatoms. The van der Waals surface area contributed by atoms with Crippen molar-refractivity contribution >= 4 is 23.2 Å². The van der Waals surface area contributed by atoms with Crippen LogP contribution in [0, 0.1) is 0 Å². The van der Waals surface area contributed by atoms with Crippen LogP contribution >= 0.6 is 12.2 Å². The summed E-state index contributed by atoms with van der Waals surface area (Å²) in [4.78, 5) is 4.00. The predicted octanol–water partition coefficient (Wildman–Crippen LogP) is 3.27. The third-order valence-corrected chi connectivity index (χ3v) is 3.28. The lowest BCUT2D eigenvalue weighted by molar-refractivity contribution is 0.0646. The second kappa shape index (κ2) is 5.31. The van der Waals surface area contributed by atoms with Crippen molar-refractivity contribution in [3.63, 3.8) is 0 Å². The molecular formula is C13H19N3OS. The lowest BCUT2D eigenvalue weighted by Crippen LogP contribution is -2.26. The van der Waals surface area contributed by atoms with Gasteiger partial charge in [0.15, 0.2) is 5.82 Å². The second-order valence-electron chi connectivity index (χ2n) is 5.63. The van der Waals surface area contributed by atoms with Crippen LogP contribution in [-0.2, 0) is 10.2 Å². The topological polar surface area (TPSA) is 39.4 Å². The van der Waals surface area contributed by atoms with Gasteiger partial charge >= 0.3 is 0 Å².